The highest BCUT2D eigenvalue weighted by Crippen LogP contribution is 2.31. The number of aromatic amines is 1. The minimum atomic E-state index is 0.925. The molecular formula is C15H13N3S3. The van der Waals surface area contributed by atoms with Crippen molar-refractivity contribution in [3.05, 3.63) is 47.5 Å². The maximum Gasteiger partial charge on any atom is 0.114 e. The molecular weight excluding hydrogens is 318 g/mol. The van der Waals surface area contributed by atoms with Crippen molar-refractivity contribution >= 4 is 56.7 Å². The second-order valence-electron chi connectivity index (χ2n) is 4.62. The molecule has 0 aliphatic carbocycles. The molecule has 0 unspecified atom stereocenters. The third-order valence-electron chi connectivity index (χ3n) is 3.23. The Labute approximate surface area is 135 Å². The number of para-hydroxylation sites is 1. The number of anilines is 1. The van der Waals surface area contributed by atoms with Gasteiger partial charge in [-0.25, -0.2) is 0 Å². The van der Waals surface area contributed by atoms with Crippen LogP contribution in [0.25, 0.3) is 10.9 Å². The molecule has 0 saturated heterocycles. The average Bonchev–Trinajstić information content (AvgIpc) is 3.23. The van der Waals surface area contributed by atoms with Gasteiger partial charge in [-0.15, -0.1) is 23.1 Å². The van der Waals surface area contributed by atoms with Crippen molar-refractivity contribution in [2.75, 3.05) is 17.0 Å². The number of fused-ring (bicyclic) bond motifs is 1. The van der Waals surface area contributed by atoms with Crippen LogP contribution in [0.1, 0.15) is 5.69 Å². The number of hydrogen-bond donors (Lipinski definition) is 2. The number of rotatable bonds is 4. The van der Waals surface area contributed by atoms with Crippen LogP contribution in [0, 0.1) is 0 Å². The molecule has 4 rings (SSSR count). The van der Waals surface area contributed by atoms with E-state index in [1.165, 1.54) is 9.60 Å². The van der Waals surface area contributed by atoms with Crippen LogP contribution in [0.3, 0.4) is 0 Å². The van der Waals surface area contributed by atoms with Gasteiger partial charge in [0.2, 0.25) is 0 Å². The summed E-state index contributed by atoms with van der Waals surface area (Å²) in [5.74, 6) is 1.09. The summed E-state index contributed by atoms with van der Waals surface area (Å²) in [4.78, 5) is 8.05. The van der Waals surface area contributed by atoms with Crippen LogP contribution in [0.15, 0.2) is 51.0 Å². The fourth-order valence-corrected chi connectivity index (χ4v) is 4.57. The van der Waals surface area contributed by atoms with Crippen LogP contribution in [0.2, 0.25) is 0 Å². The zero-order chi connectivity index (χ0) is 14.1. The van der Waals surface area contributed by atoms with Gasteiger partial charge in [0, 0.05) is 17.7 Å². The Morgan fingerprint density at radius 2 is 2.24 bits per heavy atom. The Morgan fingerprint density at radius 3 is 3.05 bits per heavy atom. The molecule has 2 aromatic heterocycles. The monoisotopic (exact) mass is 331 g/mol. The van der Waals surface area contributed by atoms with Crippen LogP contribution in [-0.4, -0.2) is 22.3 Å². The van der Waals surface area contributed by atoms with E-state index in [0.717, 1.165) is 34.2 Å². The number of nitrogens with one attached hydrogen (secondary N) is 2. The standard InChI is InChI=1S/C15H13N3S3/c1-3-10-9-12(15-16-6-8-20-15)17-14(10)11(4-1)18-21-13-5-2-7-19-13/h1-5,7,9,17-18H,6,8H2. The topological polar surface area (TPSA) is 40.2 Å². The molecule has 0 radical (unpaired) electrons. The first-order valence-electron chi connectivity index (χ1n) is 6.66. The molecule has 6 heteroatoms. The lowest BCUT2D eigenvalue weighted by Gasteiger charge is -2.05. The van der Waals surface area contributed by atoms with E-state index in [9.17, 15) is 0 Å². The van der Waals surface area contributed by atoms with E-state index < -0.39 is 0 Å². The summed E-state index contributed by atoms with van der Waals surface area (Å²) in [7, 11) is 0. The predicted octanol–water partition coefficient (Wildman–Crippen LogP) is 4.84. The highest BCUT2D eigenvalue weighted by Gasteiger charge is 2.13. The van der Waals surface area contributed by atoms with Crippen LogP contribution >= 0.6 is 35.0 Å². The molecule has 21 heavy (non-hydrogen) atoms. The minimum absolute atomic E-state index is 0.925. The Kier molecular flexibility index (Phi) is 3.67. The van der Waals surface area contributed by atoms with Gasteiger partial charge in [-0.05, 0) is 35.5 Å². The molecule has 0 spiro atoms. The zero-order valence-corrected chi connectivity index (χ0v) is 13.6. The molecule has 3 heterocycles. The number of H-pyrrole nitrogens is 1. The third kappa shape index (κ3) is 2.71. The van der Waals surface area contributed by atoms with Crippen molar-refractivity contribution in [2.45, 2.75) is 4.21 Å². The Balaban J connectivity index is 1.65. The van der Waals surface area contributed by atoms with E-state index in [1.807, 2.05) is 11.8 Å². The maximum atomic E-state index is 4.54. The van der Waals surface area contributed by atoms with E-state index in [4.69, 9.17) is 0 Å². The number of thiophene rings is 1. The quantitative estimate of drug-likeness (QED) is 0.672. The van der Waals surface area contributed by atoms with Crippen LogP contribution in [-0.2, 0) is 0 Å². The number of benzene rings is 1. The lowest BCUT2D eigenvalue weighted by molar-refractivity contribution is 1.17. The minimum Gasteiger partial charge on any atom is -0.351 e. The van der Waals surface area contributed by atoms with Crippen molar-refractivity contribution < 1.29 is 0 Å². The van der Waals surface area contributed by atoms with Crippen molar-refractivity contribution in [3.8, 4) is 0 Å². The predicted molar refractivity (Wildman–Crippen MR) is 96.0 cm³/mol. The van der Waals surface area contributed by atoms with Gasteiger partial charge < -0.3 is 9.71 Å². The smallest absolute Gasteiger partial charge is 0.114 e. The molecule has 0 atom stereocenters. The van der Waals surface area contributed by atoms with Gasteiger partial charge in [-0.1, -0.05) is 18.2 Å². The van der Waals surface area contributed by atoms with Crippen LogP contribution < -0.4 is 4.72 Å². The summed E-state index contributed by atoms with van der Waals surface area (Å²) >= 11 is 5.21. The second-order valence-corrected chi connectivity index (χ2v) is 7.76. The Bertz CT molecular complexity index is 790. The fourth-order valence-electron chi connectivity index (χ4n) is 2.28. The first-order chi connectivity index (χ1) is 10.4. The van der Waals surface area contributed by atoms with Gasteiger partial charge in [-0.3, -0.25) is 4.99 Å². The molecule has 0 fully saturated rings. The van der Waals surface area contributed by atoms with Crippen molar-refractivity contribution in [2.24, 2.45) is 4.99 Å². The van der Waals surface area contributed by atoms with E-state index in [1.54, 1.807) is 23.3 Å². The first kappa shape index (κ1) is 13.3. The SMILES string of the molecule is c1csc(SNc2cccc3cc(C4=NCCS4)[nH]c23)c1. The summed E-state index contributed by atoms with van der Waals surface area (Å²) < 4.78 is 4.70. The maximum absolute atomic E-state index is 4.54. The molecule has 106 valence electrons. The van der Waals surface area contributed by atoms with E-state index in [2.05, 4.69) is 56.5 Å². The lowest BCUT2D eigenvalue weighted by atomic mass is 10.2. The van der Waals surface area contributed by atoms with Crippen LogP contribution in [0.4, 0.5) is 5.69 Å². The highest BCUT2D eigenvalue weighted by molar-refractivity contribution is 8.14. The second kappa shape index (κ2) is 5.79. The van der Waals surface area contributed by atoms with E-state index in [0.29, 0.717) is 0 Å². The molecule has 2 N–H and O–H groups in total. The molecule has 1 aliphatic rings. The summed E-state index contributed by atoms with van der Waals surface area (Å²) in [6.45, 7) is 0.925. The number of aromatic nitrogens is 1. The van der Waals surface area contributed by atoms with E-state index >= 15 is 0 Å². The zero-order valence-electron chi connectivity index (χ0n) is 11.1. The molecule has 3 aromatic rings. The average molecular weight is 331 g/mol. The van der Waals surface area contributed by atoms with Crippen LogP contribution in [0.5, 0.6) is 0 Å². The van der Waals surface area contributed by atoms with Crippen molar-refractivity contribution in [1.29, 1.82) is 0 Å². The molecule has 1 aromatic carbocycles. The van der Waals surface area contributed by atoms with Gasteiger partial charge >= 0.3 is 0 Å². The fraction of sp³-hybridized carbons (Fsp3) is 0.133. The summed E-state index contributed by atoms with van der Waals surface area (Å²) in [5.41, 5.74) is 3.38. The normalized spacial score (nSPS) is 14.6. The van der Waals surface area contributed by atoms with E-state index in [-0.39, 0.29) is 0 Å². The van der Waals surface area contributed by atoms with Crippen molar-refractivity contribution in [3.63, 3.8) is 0 Å². The van der Waals surface area contributed by atoms with Gasteiger partial charge in [0.25, 0.3) is 0 Å². The summed E-state index contributed by atoms with van der Waals surface area (Å²) in [6.07, 6.45) is 0. The largest absolute Gasteiger partial charge is 0.351 e. The lowest BCUT2D eigenvalue weighted by Crippen LogP contribution is -1.91. The molecule has 1 aliphatic heterocycles. The third-order valence-corrected chi connectivity index (χ3v) is 6.10. The number of hydrogen-bond acceptors (Lipinski definition) is 5. The number of aliphatic imine (C=N–C) groups is 1. The Morgan fingerprint density at radius 1 is 1.24 bits per heavy atom. The number of thioether (sulfide) groups is 1. The summed E-state index contributed by atoms with van der Waals surface area (Å²) in [6, 6.07) is 12.7. The Hall–Kier alpha value is -1.37. The summed E-state index contributed by atoms with van der Waals surface area (Å²) in [5, 5.41) is 4.44. The first-order valence-corrected chi connectivity index (χ1v) is 9.34. The van der Waals surface area contributed by atoms with Gasteiger partial charge in [0.1, 0.15) is 5.04 Å². The molecule has 0 saturated carbocycles. The van der Waals surface area contributed by atoms with Gasteiger partial charge in [-0.2, -0.15) is 0 Å². The highest BCUT2D eigenvalue weighted by atomic mass is 32.2. The van der Waals surface area contributed by atoms with Gasteiger partial charge in [0.15, 0.2) is 0 Å². The van der Waals surface area contributed by atoms with Gasteiger partial charge in [0.05, 0.1) is 21.1 Å². The molecule has 0 amide bonds. The molecule has 3 nitrogen and oxygen atoms in total. The molecule has 0 bridgehead atoms. The number of nitrogens with zero attached hydrogens (tertiary/aromatic N) is 1. The van der Waals surface area contributed by atoms with Crippen molar-refractivity contribution in [1.82, 2.24) is 4.98 Å².